The lowest BCUT2D eigenvalue weighted by atomic mass is 10.1. The number of rotatable bonds is 7. The topological polar surface area (TPSA) is 90.3 Å². The highest BCUT2D eigenvalue weighted by Gasteiger charge is 2.10. The van der Waals surface area contributed by atoms with Crippen LogP contribution >= 0.6 is 11.8 Å². The third-order valence-electron chi connectivity index (χ3n) is 4.11. The molecule has 7 nitrogen and oxygen atoms in total. The van der Waals surface area contributed by atoms with Crippen LogP contribution < -0.4 is 16.0 Å². The molecular weight excluding hydrogens is 360 g/mol. The molecule has 0 atom stereocenters. The van der Waals surface area contributed by atoms with Crippen LogP contribution in [0.4, 0.5) is 5.95 Å². The monoisotopic (exact) mass is 382 g/mol. The van der Waals surface area contributed by atoms with Crippen molar-refractivity contribution in [3.8, 4) is 5.75 Å². The van der Waals surface area contributed by atoms with Gasteiger partial charge in [0, 0.05) is 5.75 Å². The molecule has 140 valence electrons. The van der Waals surface area contributed by atoms with Crippen molar-refractivity contribution in [1.82, 2.24) is 14.9 Å². The van der Waals surface area contributed by atoms with E-state index in [9.17, 15) is 0 Å². The number of hydrogen-bond donors (Lipinski definition) is 2. The zero-order chi connectivity index (χ0) is 19.2. The molecule has 0 fully saturated rings. The number of aryl methyl sites for hydroxylation is 1. The van der Waals surface area contributed by atoms with E-state index in [-0.39, 0.29) is 0 Å². The van der Waals surface area contributed by atoms with E-state index in [1.165, 1.54) is 27.6 Å². The lowest BCUT2D eigenvalue weighted by Crippen LogP contribution is -2.13. The number of hydrogen-bond acceptors (Lipinski definition) is 7. The van der Waals surface area contributed by atoms with Gasteiger partial charge in [-0.25, -0.2) is 10.1 Å². The molecule has 27 heavy (non-hydrogen) atoms. The SMILES string of the molecule is COc1ccc(/C(C)=N/Nc2nnc(SCc3ccccc3C)n2N)cc1. The van der Waals surface area contributed by atoms with E-state index >= 15 is 0 Å². The summed E-state index contributed by atoms with van der Waals surface area (Å²) in [6.45, 7) is 3.99. The first-order valence-corrected chi connectivity index (χ1v) is 9.39. The molecule has 1 aromatic heterocycles. The van der Waals surface area contributed by atoms with E-state index in [2.05, 4.69) is 39.8 Å². The van der Waals surface area contributed by atoms with Gasteiger partial charge in [-0.15, -0.1) is 10.2 Å². The van der Waals surface area contributed by atoms with Gasteiger partial charge in [0.15, 0.2) is 0 Å². The van der Waals surface area contributed by atoms with E-state index < -0.39 is 0 Å². The van der Waals surface area contributed by atoms with E-state index in [1.807, 2.05) is 43.3 Å². The molecule has 0 spiro atoms. The predicted octanol–water partition coefficient (Wildman–Crippen LogP) is 3.44. The molecule has 0 bridgehead atoms. The number of nitrogen functional groups attached to an aromatic ring is 1. The van der Waals surface area contributed by atoms with Crippen molar-refractivity contribution < 1.29 is 4.74 Å². The van der Waals surface area contributed by atoms with Gasteiger partial charge in [-0.2, -0.15) is 5.10 Å². The van der Waals surface area contributed by atoms with E-state index in [0.717, 1.165) is 22.8 Å². The third kappa shape index (κ3) is 4.59. The summed E-state index contributed by atoms with van der Waals surface area (Å²) in [5, 5.41) is 13.2. The molecule has 0 aliphatic rings. The number of methoxy groups -OCH3 is 1. The number of hydrazone groups is 1. The maximum absolute atomic E-state index is 6.09. The van der Waals surface area contributed by atoms with Crippen LogP contribution in [0.5, 0.6) is 5.75 Å². The van der Waals surface area contributed by atoms with Gasteiger partial charge < -0.3 is 10.6 Å². The molecule has 1 heterocycles. The van der Waals surface area contributed by atoms with Gasteiger partial charge in [0.25, 0.3) is 5.95 Å². The Hall–Kier alpha value is -3.00. The van der Waals surface area contributed by atoms with Crippen LogP contribution in [-0.2, 0) is 5.75 Å². The van der Waals surface area contributed by atoms with Crippen LogP contribution in [0.3, 0.4) is 0 Å². The second-order valence-electron chi connectivity index (χ2n) is 5.93. The maximum Gasteiger partial charge on any atom is 0.264 e. The molecule has 0 saturated carbocycles. The lowest BCUT2D eigenvalue weighted by molar-refractivity contribution is 0.415. The van der Waals surface area contributed by atoms with E-state index in [4.69, 9.17) is 10.6 Å². The Morgan fingerprint density at radius 1 is 1.19 bits per heavy atom. The number of anilines is 1. The maximum atomic E-state index is 6.09. The molecule has 8 heteroatoms. The standard InChI is InChI=1S/C19H22N6OS/c1-13-6-4-5-7-16(13)12-27-19-24-23-18(25(19)20)22-21-14(2)15-8-10-17(26-3)11-9-15/h4-11H,12,20H2,1-3H3,(H,22,23)/b21-14+. The normalized spacial score (nSPS) is 11.4. The Bertz CT molecular complexity index is 936. The lowest BCUT2D eigenvalue weighted by Gasteiger charge is -2.06. The molecule has 0 amide bonds. The summed E-state index contributed by atoms with van der Waals surface area (Å²) in [6, 6.07) is 15.9. The highest BCUT2D eigenvalue weighted by molar-refractivity contribution is 7.98. The van der Waals surface area contributed by atoms with Crippen LogP contribution in [0.25, 0.3) is 0 Å². The molecule has 3 aromatic rings. The smallest absolute Gasteiger partial charge is 0.264 e. The number of aromatic nitrogens is 3. The zero-order valence-electron chi connectivity index (χ0n) is 15.5. The number of nitrogens with zero attached hydrogens (tertiary/aromatic N) is 4. The van der Waals surface area contributed by atoms with Gasteiger partial charge in [-0.1, -0.05) is 36.0 Å². The van der Waals surface area contributed by atoms with Crippen molar-refractivity contribution in [2.75, 3.05) is 18.4 Å². The first-order chi connectivity index (χ1) is 13.1. The number of nitrogens with one attached hydrogen (secondary N) is 1. The molecule has 0 radical (unpaired) electrons. The first kappa shape index (κ1) is 18.8. The Morgan fingerprint density at radius 2 is 1.93 bits per heavy atom. The van der Waals surface area contributed by atoms with E-state index in [0.29, 0.717) is 11.1 Å². The third-order valence-corrected chi connectivity index (χ3v) is 5.11. The number of nitrogens with two attached hydrogens (primary N) is 1. The number of thioether (sulfide) groups is 1. The van der Waals surface area contributed by atoms with Crippen molar-refractivity contribution in [3.05, 3.63) is 65.2 Å². The molecule has 0 saturated heterocycles. The Morgan fingerprint density at radius 3 is 2.63 bits per heavy atom. The summed E-state index contributed by atoms with van der Waals surface area (Å²) in [7, 11) is 1.64. The highest BCUT2D eigenvalue weighted by Crippen LogP contribution is 2.23. The van der Waals surface area contributed by atoms with Crippen LogP contribution in [-0.4, -0.2) is 27.7 Å². The van der Waals surface area contributed by atoms with Crippen molar-refractivity contribution in [2.45, 2.75) is 24.8 Å². The highest BCUT2D eigenvalue weighted by atomic mass is 32.2. The largest absolute Gasteiger partial charge is 0.497 e. The quantitative estimate of drug-likeness (QED) is 0.282. The second-order valence-corrected chi connectivity index (χ2v) is 6.87. The Labute approximate surface area is 162 Å². The summed E-state index contributed by atoms with van der Waals surface area (Å²) < 4.78 is 6.57. The fraction of sp³-hybridized carbons (Fsp3) is 0.211. The van der Waals surface area contributed by atoms with Gasteiger partial charge in [0.1, 0.15) is 5.75 Å². The molecule has 0 aliphatic heterocycles. The minimum absolute atomic E-state index is 0.384. The van der Waals surface area contributed by atoms with Gasteiger partial charge in [0.05, 0.1) is 12.8 Å². The van der Waals surface area contributed by atoms with Crippen molar-refractivity contribution >= 4 is 23.4 Å². The van der Waals surface area contributed by atoms with Crippen LogP contribution in [0.1, 0.15) is 23.6 Å². The minimum atomic E-state index is 0.384. The molecule has 0 aliphatic carbocycles. The average Bonchev–Trinajstić information content (AvgIpc) is 3.05. The summed E-state index contributed by atoms with van der Waals surface area (Å²) in [5.41, 5.74) is 7.14. The average molecular weight is 382 g/mol. The van der Waals surface area contributed by atoms with Crippen LogP contribution in [0.2, 0.25) is 0 Å². The van der Waals surface area contributed by atoms with Gasteiger partial charge >= 0.3 is 0 Å². The van der Waals surface area contributed by atoms with Crippen molar-refractivity contribution in [1.29, 1.82) is 0 Å². The van der Waals surface area contributed by atoms with Crippen LogP contribution in [0.15, 0.2) is 58.8 Å². The second kappa shape index (κ2) is 8.59. The number of ether oxygens (including phenoxy) is 1. The summed E-state index contributed by atoms with van der Waals surface area (Å²) in [5.74, 6) is 8.05. The fourth-order valence-electron chi connectivity index (χ4n) is 2.40. The van der Waals surface area contributed by atoms with Gasteiger partial charge in [-0.3, -0.25) is 0 Å². The summed E-state index contributed by atoms with van der Waals surface area (Å²) in [6.07, 6.45) is 0. The van der Waals surface area contributed by atoms with Crippen LogP contribution in [0, 0.1) is 6.92 Å². The molecule has 3 rings (SSSR count). The van der Waals surface area contributed by atoms with Crippen molar-refractivity contribution in [2.24, 2.45) is 5.10 Å². The van der Waals surface area contributed by atoms with Crippen molar-refractivity contribution in [3.63, 3.8) is 0 Å². The Balaban J connectivity index is 1.65. The molecule has 3 N–H and O–H groups in total. The number of benzene rings is 2. The molecular formula is C19H22N6OS. The Kier molecular flexibility index (Phi) is 5.97. The molecule has 0 unspecified atom stereocenters. The van der Waals surface area contributed by atoms with Gasteiger partial charge in [-0.05, 0) is 54.8 Å². The molecule has 2 aromatic carbocycles. The first-order valence-electron chi connectivity index (χ1n) is 8.41. The van der Waals surface area contributed by atoms with E-state index in [1.54, 1.807) is 7.11 Å². The zero-order valence-corrected chi connectivity index (χ0v) is 16.3. The summed E-state index contributed by atoms with van der Waals surface area (Å²) in [4.78, 5) is 0. The predicted molar refractivity (Wildman–Crippen MR) is 110 cm³/mol. The fourth-order valence-corrected chi connectivity index (χ4v) is 3.33. The minimum Gasteiger partial charge on any atom is -0.497 e. The summed E-state index contributed by atoms with van der Waals surface area (Å²) >= 11 is 1.53. The van der Waals surface area contributed by atoms with Gasteiger partial charge in [0.2, 0.25) is 5.16 Å².